The largest absolute Gasteiger partial charge is 0.477 e. The second-order valence-corrected chi connectivity index (χ2v) is 5.65. The zero-order chi connectivity index (χ0) is 16.2. The molecule has 1 aromatic heterocycles. The maximum absolute atomic E-state index is 12.0. The van der Waals surface area contributed by atoms with Crippen LogP contribution in [0.2, 0.25) is 0 Å². The van der Waals surface area contributed by atoms with Crippen LogP contribution in [0.4, 0.5) is 0 Å². The second kappa shape index (κ2) is 6.79. The number of hydrogen-bond donors (Lipinski definition) is 1. The summed E-state index contributed by atoms with van der Waals surface area (Å²) >= 11 is 0. The fourth-order valence-corrected chi connectivity index (χ4v) is 2.45. The van der Waals surface area contributed by atoms with E-state index in [-0.39, 0.29) is 5.91 Å². The summed E-state index contributed by atoms with van der Waals surface area (Å²) in [6.45, 7) is 3.42. The Morgan fingerprint density at radius 3 is 2.96 bits per heavy atom. The minimum atomic E-state index is -0.391. The fourth-order valence-electron chi connectivity index (χ4n) is 2.45. The summed E-state index contributed by atoms with van der Waals surface area (Å²) in [5.41, 5.74) is 1.65. The van der Waals surface area contributed by atoms with E-state index in [2.05, 4.69) is 4.98 Å². The Balaban J connectivity index is 1.86. The van der Waals surface area contributed by atoms with Crippen molar-refractivity contribution in [1.82, 2.24) is 9.88 Å². The molecule has 1 N–H and O–H groups in total. The number of aliphatic hydroxyl groups excluding tert-OH is 1. The first-order chi connectivity index (χ1) is 11.2. The van der Waals surface area contributed by atoms with Crippen LogP contribution in [-0.4, -0.2) is 46.7 Å². The average Bonchev–Trinajstić information content (AvgIpc) is 2.54. The second-order valence-electron chi connectivity index (χ2n) is 5.65. The van der Waals surface area contributed by atoms with Gasteiger partial charge < -0.3 is 14.7 Å². The lowest BCUT2D eigenvalue weighted by Gasteiger charge is -2.34. The average molecular weight is 312 g/mol. The third kappa shape index (κ3) is 3.51. The van der Waals surface area contributed by atoms with E-state index in [1.54, 1.807) is 11.0 Å². The van der Waals surface area contributed by atoms with Crippen LogP contribution in [0.1, 0.15) is 18.9 Å². The molecule has 1 amide bonds. The van der Waals surface area contributed by atoms with Crippen molar-refractivity contribution in [3.8, 4) is 5.88 Å². The highest BCUT2D eigenvalue weighted by Gasteiger charge is 2.27. The molecule has 0 unspecified atom stereocenters. The molecule has 0 saturated carbocycles. The van der Waals surface area contributed by atoms with Crippen LogP contribution >= 0.6 is 0 Å². The number of hydrogen-bond acceptors (Lipinski definition) is 4. The lowest BCUT2D eigenvalue weighted by Crippen LogP contribution is -2.52. The topological polar surface area (TPSA) is 62.7 Å². The number of likely N-dealkylation sites (tertiary alicyclic amines) is 1. The van der Waals surface area contributed by atoms with E-state index in [4.69, 9.17) is 4.74 Å². The lowest BCUT2D eigenvalue weighted by atomic mass is 10.1. The Labute approximate surface area is 135 Å². The molecular weight excluding hydrogens is 292 g/mol. The van der Waals surface area contributed by atoms with Crippen molar-refractivity contribution in [3.05, 3.63) is 42.0 Å². The smallest absolute Gasteiger partial charge is 0.246 e. The molecule has 1 fully saturated rings. The first kappa shape index (κ1) is 15.5. The number of fused-ring (bicyclic) bond motifs is 1. The Morgan fingerprint density at radius 2 is 2.22 bits per heavy atom. The van der Waals surface area contributed by atoms with Gasteiger partial charge in [0.2, 0.25) is 11.8 Å². The summed E-state index contributed by atoms with van der Waals surface area (Å²) in [4.78, 5) is 18.1. The summed E-state index contributed by atoms with van der Waals surface area (Å²) < 4.78 is 5.72. The zero-order valence-electron chi connectivity index (χ0n) is 13.1. The normalized spacial score (nSPS) is 15.1. The maximum atomic E-state index is 12.0. The third-order valence-corrected chi connectivity index (χ3v) is 3.74. The quantitative estimate of drug-likeness (QED) is 0.860. The molecule has 5 nitrogen and oxygen atoms in total. The van der Waals surface area contributed by atoms with Gasteiger partial charge in [-0.3, -0.25) is 4.79 Å². The van der Waals surface area contributed by atoms with Crippen molar-refractivity contribution in [3.63, 3.8) is 0 Å². The molecule has 3 rings (SSSR count). The van der Waals surface area contributed by atoms with Gasteiger partial charge in [0.05, 0.1) is 18.2 Å². The Morgan fingerprint density at radius 1 is 1.43 bits per heavy atom. The summed E-state index contributed by atoms with van der Waals surface area (Å²) in [5, 5.41) is 10.3. The molecule has 0 aliphatic carbocycles. The number of para-hydroxylation sites is 1. The summed E-state index contributed by atoms with van der Waals surface area (Å²) in [6.07, 6.45) is 3.74. The van der Waals surface area contributed by atoms with Crippen LogP contribution < -0.4 is 4.74 Å². The van der Waals surface area contributed by atoms with E-state index in [1.165, 1.54) is 6.08 Å². The number of rotatable bonds is 5. The summed E-state index contributed by atoms with van der Waals surface area (Å²) in [5.74, 6) is 0.433. The van der Waals surface area contributed by atoms with Gasteiger partial charge in [0.15, 0.2) is 0 Å². The minimum absolute atomic E-state index is 0.107. The van der Waals surface area contributed by atoms with Crippen LogP contribution in [0.25, 0.3) is 17.0 Å². The molecule has 1 aliphatic rings. The molecule has 0 bridgehead atoms. The Hall–Kier alpha value is -2.40. The third-order valence-electron chi connectivity index (χ3n) is 3.74. The predicted octanol–water partition coefficient (Wildman–Crippen LogP) is 2.24. The highest BCUT2D eigenvalue weighted by molar-refractivity contribution is 5.93. The van der Waals surface area contributed by atoms with Gasteiger partial charge in [0.25, 0.3) is 0 Å². The van der Waals surface area contributed by atoms with Gasteiger partial charge in [-0.25, -0.2) is 4.98 Å². The lowest BCUT2D eigenvalue weighted by molar-refractivity contribution is -0.135. The summed E-state index contributed by atoms with van der Waals surface area (Å²) in [7, 11) is 0. The number of aromatic nitrogens is 1. The first-order valence-electron chi connectivity index (χ1n) is 7.85. The molecule has 5 heteroatoms. The van der Waals surface area contributed by atoms with Gasteiger partial charge in [-0.1, -0.05) is 25.1 Å². The highest BCUT2D eigenvalue weighted by Crippen LogP contribution is 2.24. The number of amides is 1. The van der Waals surface area contributed by atoms with E-state index >= 15 is 0 Å². The molecule has 2 aromatic rings. The number of aliphatic hydroxyl groups is 1. The van der Waals surface area contributed by atoms with Crippen molar-refractivity contribution in [2.24, 2.45) is 0 Å². The Bertz CT molecular complexity index is 736. The maximum Gasteiger partial charge on any atom is 0.246 e. The van der Waals surface area contributed by atoms with E-state index in [9.17, 15) is 9.90 Å². The van der Waals surface area contributed by atoms with Crippen molar-refractivity contribution in [2.45, 2.75) is 19.4 Å². The number of carbonyl (C=O) groups is 1. The minimum Gasteiger partial charge on any atom is -0.477 e. The van der Waals surface area contributed by atoms with Crippen molar-refractivity contribution in [1.29, 1.82) is 0 Å². The van der Waals surface area contributed by atoms with Crippen LogP contribution in [0.5, 0.6) is 5.88 Å². The number of pyridine rings is 1. The van der Waals surface area contributed by atoms with Gasteiger partial charge in [-0.2, -0.15) is 0 Å². The number of carbonyl (C=O) groups excluding carboxylic acids is 1. The van der Waals surface area contributed by atoms with Gasteiger partial charge in [0.1, 0.15) is 0 Å². The molecular formula is C18H20N2O3. The van der Waals surface area contributed by atoms with Crippen molar-refractivity contribution >= 4 is 22.9 Å². The molecule has 120 valence electrons. The van der Waals surface area contributed by atoms with Gasteiger partial charge >= 0.3 is 0 Å². The molecule has 1 saturated heterocycles. The van der Waals surface area contributed by atoms with Crippen molar-refractivity contribution < 1.29 is 14.6 Å². The van der Waals surface area contributed by atoms with Crippen molar-refractivity contribution in [2.75, 3.05) is 19.7 Å². The number of ether oxygens (including phenoxy) is 1. The van der Waals surface area contributed by atoms with E-state index in [0.29, 0.717) is 25.6 Å². The SMILES string of the molecule is CCCOc1nc2ccccc2cc1/C=C/C(=O)N1CC(O)C1. The van der Waals surface area contributed by atoms with Gasteiger partial charge in [-0.15, -0.1) is 0 Å². The van der Waals surface area contributed by atoms with Crippen LogP contribution in [-0.2, 0) is 4.79 Å². The number of β-amino-alcohol motifs (C(OH)–C–C–N with tert-alkyl or cyclic N) is 1. The van der Waals surface area contributed by atoms with Gasteiger partial charge in [0, 0.05) is 30.1 Å². The number of nitrogens with zero attached hydrogens (tertiary/aromatic N) is 2. The van der Waals surface area contributed by atoms with Crippen LogP contribution in [0, 0.1) is 0 Å². The molecule has 1 aliphatic heterocycles. The first-order valence-corrected chi connectivity index (χ1v) is 7.85. The molecule has 0 spiro atoms. The molecule has 0 radical (unpaired) electrons. The molecule has 0 atom stereocenters. The highest BCUT2D eigenvalue weighted by atomic mass is 16.5. The van der Waals surface area contributed by atoms with E-state index in [1.807, 2.05) is 37.3 Å². The van der Waals surface area contributed by atoms with Crippen LogP contribution in [0.15, 0.2) is 36.4 Å². The van der Waals surface area contributed by atoms with E-state index < -0.39 is 6.10 Å². The fraction of sp³-hybridized carbons (Fsp3) is 0.333. The van der Waals surface area contributed by atoms with E-state index in [0.717, 1.165) is 22.9 Å². The standard InChI is InChI=1S/C18H20N2O3/c1-2-9-23-18-14(7-8-17(22)20-11-15(21)12-20)10-13-5-3-4-6-16(13)19-18/h3-8,10,15,21H,2,9,11-12H2,1H3/b8-7+. The number of benzene rings is 1. The zero-order valence-corrected chi connectivity index (χ0v) is 13.1. The van der Waals surface area contributed by atoms with Crippen LogP contribution in [0.3, 0.4) is 0 Å². The monoisotopic (exact) mass is 312 g/mol. The molecule has 1 aromatic carbocycles. The predicted molar refractivity (Wildman–Crippen MR) is 89.1 cm³/mol. The molecule has 23 heavy (non-hydrogen) atoms. The molecule has 2 heterocycles. The Kier molecular flexibility index (Phi) is 4.57. The summed E-state index contributed by atoms with van der Waals surface area (Å²) in [6, 6.07) is 9.79. The van der Waals surface area contributed by atoms with Gasteiger partial charge in [-0.05, 0) is 24.6 Å².